The largest absolute Gasteiger partial charge is 0.381 e. The minimum absolute atomic E-state index is 0.0339. The molecule has 1 atom stereocenters. The van der Waals surface area contributed by atoms with Gasteiger partial charge in [0.1, 0.15) is 0 Å². The summed E-state index contributed by atoms with van der Waals surface area (Å²) in [5.74, 6) is 0.224. The molecule has 1 saturated heterocycles. The smallest absolute Gasteiger partial charge is 0.172 e. The zero-order chi connectivity index (χ0) is 11.0. The van der Waals surface area contributed by atoms with Crippen molar-refractivity contribution in [3.63, 3.8) is 0 Å². The highest BCUT2D eigenvalue weighted by molar-refractivity contribution is 6.00. The number of aromatic nitrogens is 2. The molecule has 4 heteroatoms. The number of ketones is 1. The summed E-state index contributed by atoms with van der Waals surface area (Å²) in [4.78, 5) is 12.2. The molecule has 0 radical (unpaired) electrons. The fourth-order valence-electron chi connectivity index (χ4n) is 2.08. The molecule has 4 nitrogen and oxygen atoms in total. The van der Waals surface area contributed by atoms with Gasteiger partial charge in [0.15, 0.2) is 5.78 Å². The molecule has 0 aromatic carbocycles. The third-order valence-corrected chi connectivity index (χ3v) is 3.06. The standard InChI is InChI=1S/C11H16N2O2/c1-7-10(8(2)13(3)12-7)11(14)9-4-5-15-6-9/h9H,4-6H2,1-3H3. The van der Waals surface area contributed by atoms with E-state index in [-0.39, 0.29) is 11.7 Å². The molecule has 1 unspecified atom stereocenters. The van der Waals surface area contributed by atoms with E-state index in [1.165, 1.54) is 0 Å². The molecule has 15 heavy (non-hydrogen) atoms. The van der Waals surface area contributed by atoms with Gasteiger partial charge >= 0.3 is 0 Å². The average Bonchev–Trinajstić information content (AvgIpc) is 2.76. The van der Waals surface area contributed by atoms with E-state index < -0.39 is 0 Å². The topological polar surface area (TPSA) is 44.1 Å². The summed E-state index contributed by atoms with van der Waals surface area (Å²) in [7, 11) is 1.87. The molecular formula is C11H16N2O2. The Kier molecular flexibility index (Phi) is 2.61. The molecular weight excluding hydrogens is 192 g/mol. The summed E-state index contributed by atoms with van der Waals surface area (Å²) in [5, 5.41) is 4.26. The number of aryl methyl sites for hydroxylation is 2. The number of rotatable bonds is 2. The Bertz CT molecular complexity index is 390. The number of carbonyl (C=O) groups is 1. The second-order valence-electron chi connectivity index (χ2n) is 4.09. The third-order valence-electron chi connectivity index (χ3n) is 3.06. The van der Waals surface area contributed by atoms with Gasteiger partial charge in [-0.25, -0.2) is 0 Å². The lowest BCUT2D eigenvalue weighted by molar-refractivity contribution is 0.0899. The second-order valence-corrected chi connectivity index (χ2v) is 4.09. The molecule has 0 spiro atoms. The Morgan fingerprint density at radius 2 is 2.27 bits per heavy atom. The number of carbonyl (C=O) groups excluding carboxylic acids is 1. The molecule has 1 fully saturated rings. The van der Waals surface area contributed by atoms with Crippen LogP contribution in [0.3, 0.4) is 0 Å². The Hall–Kier alpha value is -1.16. The predicted octanol–water partition coefficient (Wildman–Crippen LogP) is 1.26. The summed E-state index contributed by atoms with van der Waals surface area (Å²) in [5.41, 5.74) is 2.56. The van der Waals surface area contributed by atoms with Gasteiger partial charge in [0.25, 0.3) is 0 Å². The van der Waals surface area contributed by atoms with Gasteiger partial charge < -0.3 is 4.74 Å². The molecule has 0 N–H and O–H groups in total. The van der Waals surface area contributed by atoms with Crippen molar-refractivity contribution in [2.45, 2.75) is 20.3 Å². The minimum Gasteiger partial charge on any atom is -0.381 e. The van der Waals surface area contributed by atoms with Gasteiger partial charge in [-0.3, -0.25) is 9.48 Å². The summed E-state index contributed by atoms with van der Waals surface area (Å²) >= 11 is 0. The molecule has 82 valence electrons. The Labute approximate surface area is 89.2 Å². The number of Topliss-reactive ketones (excluding diaryl/α,β-unsaturated/α-hetero) is 1. The summed E-state index contributed by atoms with van der Waals surface area (Å²) in [6.07, 6.45) is 0.840. The van der Waals surface area contributed by atoms with Crippen LogP contribution >= 0.6 is 0 Å². The summed E-state index contributed by atoms with van der Waals surface area (Å²) in [6.45, 7) is 5.08. The highest BCUT2D eigenvalue weighted by Crippen LogP contribution is 2.22. The monoisotopic (exact) mass is 208 g/mol. The first-order valence-electron chi connectivity index (χ1n) is 5.23. The van der Waals surface area contributed by atoms with E-state index in [0.717, 1.165) is 23.4 Å². The van der Waals surface area contributed by atoms with E-state index in [1.807, 2.05) is 20.9 Å². The molecule has 0 amide bonds. The van der Waals surface area contributed by atoms with Crippen LogP contribution < -0.4 is 0 Å². The first kappa shape index (κ1) is 10.4. The lowest BCUT2D eigenvalue weighted by Gasteiger charge is -2.06. The maximum atomic E-state index is 12.2. The molecule has 0 aliphatic carbocycles. The van der Waals surface area contributed by atoms with Crippen LogP contribution in [-0.2, 0) is 11.8 Å². The van der Waals surface area contributed by atoms with E-state index in [2.05, 4.69) is 5.10 Å². The quantitative estimate of drug-likeness (QED) is 0.687. The van der Waals surface area contributed by atoms with Crippen molar-refractivity contribution < 1.29 is 9.53 Å². The predicted molar refractivity (Wildman–Crippen MR) is 55.9 cm³/mol. The van der Waals surface area contributed by atoms with Gasteiger partial charge in [-0.05, 0) is 20.3 Å². The zero-order valence-electron chi connectivity index (χ0n) is 9.41. The van der Waals surface area contributed by atoms with Crippen LogP contribution in [0.15, 0.2) is 0 Å². The number of nitrogens with zero attached hydrogens (tertiary/aromatic N) is 2. The minimum atomic E-state index is 0.0339. The van der Waals surface area contributed by atoms with Crippen LogP contribution in [0.1, 0.15) is 28.2 Å². The molecule has 1 aromatic heterocycles. The fourth-order valence-corrected chi connectivity index (χ4v) is 2.08. The van der Waals surface area contributed by atoms with Crippen LogP contribution in [0.4, 0.5) is 0 Å². The SMILES string of the molecule is Cc1nn(C)c(C)c1C(=O)C1CCOC1. The first-order valence-corrected chi connectivity index (χ1v) is 5.23. The lowest BCUT2D eigenvalue weighted by Crippen LogP contribution is -2.16. The number of hydrogen-bond acceptors (Lipinski definition) is 3. The van der Waals surface area contributed by atoms with Gasteiger partial charge in [-0.1, -0.05) is 0 Å². The summed E-state index contributed by atoms with van der Waals surface area (Å²) < 4.78 is 7.00. The number of ether oxygens (including phenoxy) is 1. The van der Waals surface area contributed by atoms with E-state index in [1.54, 1.807) is 4.68 Å². The van der Waals surface area contributed by atoms with Crippen LogP contribution in [0.2, 0.25) is 0 Å². The Balaban J connectivity index is 2.32. The van der Waals surface area contributed by atoms with E-state index in [9.17, 15) is 4.79 Å². The Morgan fingerprint density at radius 3 is 2.73 bits per heavy atom. The van der Waals surface area contributed by atoms with Gasteiger partial charge in [-0.2, -0.15) is 5.10 Å². The second kappa shape index (κ2) is 3.77. The normalized spacial score (nSPS) is 20.9. The van der Waals surface area contributed by atoms with Gasteiger partial charge in [0, 0.05) is 25.3 Å². The van der Waals surface area contributed by atoms with Crippen LogP contribution in [0.5, 0.6) is 0 Å². The maximum absolute atomic E-state index is 12.2. The molecule has 1 aromatic rings. The van der Waals surface area contributed by atoms with Crippen molar-refractivity contribution in [3.05, 3.63) is 17.0 Å². The van der Waals surface area contributed by atoms with Crippen molar-refractivity contribution in [2.75, 3.05) is 13.2 Å². The zero-order valence-corrected chi connectivity index (χ0v) is 9.41. The van der Waals surface area contributed by atoms with Gasteiger partial charge in [0.05, 0.1) is 17.9 Å². The van der Waals surface area contributed by atoms with Crippen molar-refractivity contribution in [3.8, 4) is 0 Å². The lowest BCUT2D eigenvalue weighted by atomic mass is 9.96. The van der Waals surface area contributed by atoms with Crippen LogP contribution in [0, 0.1) is 19.8 Å². The van der Waals surface area contributed by atoms with Gasteiger partial charge in [0.2, 0.25) is 0 Å². The molecule has 1 aliphatic rings. The van der Waals surface area contributed by atoms with E-state index in [0.29, 0.717) is 13.2 Å². The van der Waals surface area contributed by atoms with Crippen molar-refractivity contribution in [1.29, 1.82) is 0 Å². The molecule has 0 saturated carbocycles. The highest BCUT2D eigenvalue weighted by atomic mass is 16.5. The molecule has 0 bridgehead atoms. The van der Waals surface area contributed by atoms with Crippen LogP contribution in [0.25, 0.3) is 0 Å². The van der Waals surface area contributed by atoms with E-state index in [4.69, 9.17) is 4.74 Å². The van der Waals surface area contributed by atoms with Gasteiger partial charge in [-0.15, -0.1) is 0 Å². The number of hydrogen-bond donors (Lipinski definition) is 0. The Morgan fingerprint density at radius 1 is 1.53 bits per heavy atom. The molecule has 2 rings (SSSR count). The van der Waals surface area contributed by atoms with Crippen molar-refractivity contribution in [1.82, 2.24) is 9.78 Å². The van der Waals surface area contributed by atoms with Crippen molar-refractivity contribution in [2.24, 2.45) is 13.0 Å². The summed E-state index contributed by atoms with van der Waals surface area (Å²) in [6, 6.07) is 0. The van der Waals surface area contributed by atoms with E-state index >= 15 is 0 Å². The van der Waals surface area contributed by atoms with Crippen molar-refractivity contribution >= 4 is 5.78 Å². The highest BCUT2D eigenvalue weighted by Gasteiger charge is 2.28. The first-order chi connectivity index (χ1) is 7.11. The molecule has 2 heterocycles. The fraction of sp³-hybridized carbons (Fsp3) is 0.636. The van der Waals surface area contributed by atoms with Crippen LogP contribution in [-0.4, -0.2) is 28.8 Å². The molecule has 1 aliphatic heterocycles. The average molecular weight is 208 g/mol. The maximum Gasteiger partial charge on any atom is 0.172 e. The third kappa shape index (κ3) is 1.69.